The Morgan fingerprint density at radius 1 is 0.638 bits per heavy atom. The van der Waals surface area contributed by atoms with E-state index >= 15 is 8.78 Å². The van der Waals surface area contributed by atoms with Gasteiger partial charge >= 0.3 is 0 Å². The molecule has 0 N–H and O–H groups in total. The normalized spacial score (nSPS) is 12.6. The topological polar surface area (TPSA) is 46.4 Å². The number of para-hydroxylation sites is 2. The van der Waals surface area contributed by atoms with E-state index in [0.29, 0.717) is 22.9 Å². The molecule has 0 saturated heterocycles. The Morgan fingerprint density at radius 3 is 2.26 bits per heavy atom. The van der Waals surface area contributed by atoms with Gasteiger partial charge in [0.05, 0.1) is 11.2 Å². The van der Waals surface area contributed by atoms with E-state index < -0.39 is 11.6 Å². The summed E-state index contributed by atoms with van der Waals surface area (Å²) in [6.07, 6.45) is 3.56. The fourth-order valence-corrected chi connectivity index (χ4v) is 7.63. The third-order valence-electron chi connectivity index (χ3n) is 10.5. The minimum absolute atomic E-state index is 0. The summed E-state index contributed by atoms with van der Waals surface area (Å²) in [6.45, 7) is 8.06. The molecule has 0 saturated carbocycles. The zero-order chi connectivity index (χ0) is 38.8. The number of benzene rings is 6. The molecule has 3 aromatic heterocycles. The number of aromatic nitrogens is 3. The van der Waals surface area contributed by atoms with E-state index in [1.807, 2.05) is 95.9 Å². The van der Waals surface area contributed by atoms with Gasteiger partial charge in [-0.1, -0.05) is 74.8 Å². The molecular formula is C49H34F2N5OPt-3. The Kier molecular flexibility index (Phi) is 9.33. The zero-order valence-electron chi connectivity index (χ0n) is 31.7. The van der Waals surface area contributed by atoms with Crippen LogP contribution in [0.3, 0.4) is 0 Å². The molecule has 288 valence electrons. The van der Waals surface area contributed by atoms with Crippen molar-refractivity contribution in [1.82, 2.24) is 14.5 Å². The van der Waals surface area contributed by atoms with Gasteiger partial charge in [-0.2, -0.15) is 6.07 Å². The molecule has 0 atom stereocenters. The molecule has 1 aliphatic heterocycles. The van der Waals surface area contributed by atoms with Gasteiger partial charge in [0, 0.05) is 67.2 Å². The second kappa shape index (κ2) is 14.5. The maximum atomic E-state index is 15.5. The van der Waals surface area contributed by atoms with Crippen LogP contribution in [0, 0.1) is 30.4 Å². The fraction of sp³-hybridized carbons (Fsp3) is 0.0816. The molecule has 1 aliphatic rings. The number of hydrogen-bond donors (Lipinski definition) is 0. The molecule has 0 radical (unpaired) electrons. The van der Waals surface area contributed by atoms with E-state index in [1.165, 1.54) is 18.2 Å². The van der Waals surface area contributed by atoms with Crippen molar-refractivity contribution in [3.63, 3.8) is 0 Å². The van der Waals surface area contributed by atoms with E-state index in [2.05, 4.69) is 71.7 Å². The fourth-order valence-electron chi connectivity index (χ4n) is 7.63. The van der Waals surface area contributed by atoms with Crippen molar-refractivity contribution in [3.05, 3.63) is 182 Å². The molecule has 9 aromatic rings. The third-order valence-corrected chi connectivity index (χ3v) is 10.5. The summed E-state index contributed by atoms with van der Waals surface area (Å²) < 4.78 is 39.8. The molecule has 4 heterocycles. The first-order valence-electron chi connectivity index (χ1n) is 18.7. The minimum atomic E-state index is -0.666. The summed E-state index contributed by atoms with van der Waals surface area (Å²) in [6, 6.07) is 49.0. The van der Waals surface area contributed by atoms with Gasteiger partial charge < -0.3 is 19.1 Å². The van der Waals surface area contributed by atoms with Gasteiger partial charge in [0.2, 0.25) is 0 Å². The van der Waals surface area contributed by atoms with Crippen molar-refractivity contribution in [2.45, 2.75) is 26.2 Å². The molecule has 0 amide bonds. The van der Waals surface area contributed by atoms with Crippen LogP contribution in [0.15, 0.2) is 146 Å². The molecule has 9 heteroatoms. The van der Waals surface area contributed by atoms with Crippen LogP contribution in [0.4, 0.5) is 31.5 Å². The summed E-state index contributed by atoms with van der Waals surface area (Å²) in [5.74, 6) is 0.357. The quantitative estimate of drug-likeness (QED) is 0.155. The Balaban J connectivity index is 0.00000436. The van der Waals surface area contributed by atoms with Gasteiger partial charge in [-0.3, -0.25) is 4.98 Å². The minimum Gasteiger partial charge on any atom is -0.509 e. The van der Waals surface area contributed by atoms with Gasteiger partial charge in [-0.05, 0) is 82.6 Å². The molecule has 10 rings (SSSR count). The second-order valence-electron chi connectivity index (χ2n) is 15.1. The van der Waals surface area contributed by atoms with Crippen molar-refractivity contribution in [2.75, 3.05) is 9.80 Å². The maximum Gasteiger partial charge on any atom is 0.147 e. The van der Waals surface area contributed by atoms with Gasteiger partial charge in [0.15, 0.2) is 0 Å². The molecular weight excluding hydrogens is 908 g/mol. The first kappa shape index (κ1) is 37.2. The number of rotatable bonds is 6. The first-order chi connectivity index (χ1) is 27.7. The van der Waals surface area contributed by atoms with Crippen LogP contribution in [0.1, 0.15) is 26.3 Å². The average Bonchev–Trinajstić information content (AvgIpc) is 3.76. The smallest absolute Gasteiger partial charge is 0.147 e. The number of nitrogens with zero attached hydrogens (tertiary/aromatic N) is 5. The van der Waals surface area contributed by atoms with Gasteiger partial charge in [-0.15, -0.1) is 53.6 Å². The predicted molar refractivity (Wildman–Crippen MR) is 224 cm³/mol. The molecule has 0 unspecified atom stereocenters. The number of anilines is 4. The van der Waals surface area contributed by atoms with Gasteiger partial charge in [0.25, 0.3) is 0 Å². The molecule has 58 heavy (non-hydrogen) atoms. The Labute approximate surface area is 349 Å². The summed E-state index contributed by atoms with van der Waals surface area (Å²) in [4.78, 5) is 12.7. The van der Waals surface area contributed by atoms with Crippen molar-refractivity contribution < 1.29 is 34.6 Å². The van der Waals surface area contributed by atoms with E-state index in [-0.39, 0.29) is 32.2 Å². The SMILES string of the molecule is CC(C)(C)c1ccc2c(c1)N(c1c(F)cccc1F)[CH-]N2c1[c-]c(Oc2[c-]c3c(cc2)c2ccccc2n3-c2ccccn2)cc(-c2ccc3ncccc3c2)c1.[Pt]. The Hall–Kier alpha value is -6.37. The number of ether oxygens (including phenoxy) is 1. The van der Waals surface area contributed by atoms with Crippen LogP contribution in [0.2, 0.25) is 0 Å². The number of fused-ring (bicyclic) bond motifs is 5. The summed E-state index contributed by atoms with van der Waals surface area (Å²) in [5.41, 5.74) is 7.15. The van der Waals surface area contributed by atoms with E-state index in [4.69, 9.17) is 4.74 Å². The van der Waals surface area contributed by atoms with E-state index in [0.717, 1.165) is 60.9 Å². The monoisotopic (exact) mass is 941 g/mol. The van der Waals surface area contributed by atoms with Crippen LogP contribution < -0.4 is 14.5 Å². The molecule has 0 aliphatic carbocycles. The summed E-state index contributed by atoms with van der Waals surface area (Å²) in [7, 11) is 0. The average molecular weight is 942 g/mol. The zero-order valence-corrected chi connectivity index (χ0v) is 33.9. The molecule has 6 aromatic carbocycles. The van der Waals surface area contributed by atoms with Crippen molar-refractivity contribution in [2.24, 2.45) is 0 Å². The van der Waals surface area contributed by atoms with Crippen LogP contribution >= 0.6 is 0 Å². The third kappa shape index (κ3) is 6.47. The van der Waals surface area contributed by atoms with Crippen molar-refractivity contribution in [3.8, 4) is 28.4 Å². The van der Waals surface area contributed by atoms with E-state index in [9.17, 15) is 0 Å². The molecule has 6 nitrogen and oxygen atoms in total. The van der Waals surface area contributed by atoms with Crippen LogP contribution in [0.5, 0.6) is 11.5 Å². The Morgan fingerprint density at radius 2 is 1.45 bits per heavy atom. The Bertz CT molecular complexity index is 2990. The van der Waals surface area contributed by atoms with Crippen LogP contribution in [-0.2, 0) is 26.5 Å². The van der Waals surface area contributed by atoms with Gasteiger partial charge in [-0.25, -0.2) is 13.8 Å². The maximum absolute atomic E-state index is 15.5. The number of pyridine rings is 2. The van der Waals surface area contributed by atoms with Crippen molar-refractivity contribution in [1.29, 1.82) is 0 Å². The summed E-state index contributed by atoms with van der Waals surface area (Å²) >= 11 is 0. The number of hydrogen-bond acceptors (Lipinski definition) is 5. The van der Waals surface area contributed by atoms with Gasteiger partial charge in [0.1, 0.15) is 17.5 Å². The first-order valence-corrected chi connectivity index (χ1v) is 18.7. The van der Waals surface area contributed by atoms with Crippen LogP contribution in [-0.4, -0.2) is 14.5 Å². The predicted octanol–water partition coefficient (Wildman–Crippen LogP) is 12.8. The molecule has 0 bridgehead atoms. The molecule has 0 fully saturated rings. The van der Waals surface area contributed by atoms with Crippen molar-refractivity contribution >= 4 is 55.5 Å². The van der Waals surface area contributed by atoms with E-state index in [1.54, 1.807) is 24.0 Å². The second-order valence-corrected chi connectivity index (χ2v) is 15.1. The standard InChI is InChI=1S/C49H34F2N5O.Pt/c1-49(2,3)34-17-21-44-46(27-34)55(48-40(50)12-8-13-41(48)51)30-54(44)35-25-33(31-16-20-42-32(24-31)10-9-23-52-42)26-37(28-35)57-36-18-19-39-38-11-4-5-14-43(38)56(45(39)29-36)47-15-6-7-22-53-47;/h4-27,30H,1-3H3;/q-3;. The summed E-state index contributed by atoms with van der Waals surface area (Å²) in [5, 5.41) is 3.09. The van der Waals surface area contributed by atoms with Crippen LogP contribution in [0.25, 0.3) is 49.7 Å². The molecule has 0 spiro atoms. The largest absolute Gasteiger partial charge is 0.509 e. The number of halogens is 2.